The lowest BCUT2D eigenvalue weighted by atomic mass is 9.84. The largest absolute Gasteiger partial charge is 0.373 e. The molecule has 106 valence electrons. The summed E-state index contributed by atoms with van der Waals surface area (Å²) < 4.78 is 19.8. The fraction of sp³-hybridized carbons (Fsp3) is 0.625. The first-order valence-corrected chi connectivity index (χ1v) is 7.20. The predicted octanol–water partition coefficient (Wildman–Crippen LogP) is 3.74. The molecular weight excluding hydrogens is 241 g/mol. The highest BCUT2D eigenvalue weighted by atomic mass is 19.1. The first-order chi connectivity index (χ1) is 9.07. The molecule has 2 rings (SSSR count). The standard InChI is InChI=1S/C16H24FNO/c1-4-18-15(16(3)9-5-6-10-19-16)13-8-7-12(2)14(17)11-13/h7-8,11,15,18H,4-6,9-10H2,1-3H3. The van der Waals surface area contributed by atoms with Crippen LogP contribution in [0.25, 0.3) is 0 Å². The van der Waals surface area contributed by atoms with Gasteiger partial charge in [-0.1, -0.05) is 19.1 Å². The molecule has 1 aromatic carbocycles. The number of ether oxygens (including phenoxy) is 1. The summed E-state index contributed by atoms with van der Waals surface area (Å²) in [5, 5.41) is 3.46. The van der Waals surface area contributed by atoms with Gasteiger partial charge >= 0.3 is 0 Å². The van der Waals surface area contributed by atoms with Gasteiger partial charge in [-0.05, 0) is 56.8 Å². The maximum atomic E-state index is 13.8. The number of rotatable bonds is 4. The summed E-state index contributed by atoms with van der Waals surface area (Å²) in [7, 11) is 0. The molecule has 0 bridgehead atoms. The molecule has 1 N–H and O–H groups in total. The van der Waals surface area contributed by atoms with Gasteiger partial charge in [0.05, 0.1) is 11.6 Å². The summed E-state index contributed by atoms with van der Waals surface area (Å²) >= 11 is 0. The molecule has 1 heterocycles. The Hall–Kier alpha value is -0.930. The van der Waals surface area contributed by atoms with Crippen molar-refractivity contribution in [3.05, 3.63) is 35.1 Å². The van der Waals surface area contributed by atoms with Crippen molar-refractivity contribution in [3.63, 3.8) is 0 Å². The van der Waals surface area contributed by atoms with Crippen molar-refractivity contribution in [2.24, 2.45) is 0 Å². The quantitative estimate of drug-likeness (QED) is 0.895. The van der Waals surface area contributed by atoms with Crippen molar-refractivity contribution in [1.29, 1.82) is 0 Å². The average Bonchev–Trinajstić information content (AvgIpc) is 2.40. The molecule has 2 unspecified atom stereocenters. The normalized spacial score (nSPS) is 25.3. The Morgan fingerprint density at radius 1 is 1.42 bits per heavy atom. The summed E-state index contributed by atoms with van der Waals surface area (Å²) in [5.41, 5.74) is 1.43. The minimum Gasteiger partial charge on any atom is -0.373 e. The second-order valence-corrected chi connectivity index (χ2v) is 5.62. The van der Waals surface area contributed by atoms with Gasteiger partial charge in [0.25, 0.3) is 0 Å². The molecule has 1 aliphatic rings. The van der Waals surface area contributed by atoms with Crippen LogP contribution >= 0.6 is 0 Å². The monoisotopic (exact) mass is 265 g/mol. The number of benzene rings is 1. The first kappa shape index (κ1) is 14.5. The molecule has 1 aliphatic heterocycles. The van der Waals surface area contributed by atoms with E-state index in [1.54, 1.807) is 13.0 Å². The molecular formula is C16H24FNO. The number of nitrogens with one attached hydrogen (secondary N) is 1. The van der Waals surface area contributed by atoms with Gasteiger partial charge in [-0.15, -0.1) is 0 Å². The van der Waals surface area contributed by atoms with Crippen LogP contribution in [0.2, 0.25) is 0 Å². The molecule has 1 saturated heterocycles. The van der Waals surface area contributed by atoms with E-state index in [0.717, 1.165) is 31.6 Å². The molecule has 19 heavy (non-hydrogen) atoms. The van der Waals surface area contributed by atoms with E-state index in [0.29, 0.717) is 5.56 Å². The van der Waals surface area contributed by atoms with Crippen molar-refractivity contribution < 1.29 is 9.13 Å². The van der Waals surface area contributed by atoms with Crippen LogP contribution in [0.1, 0.15) is 50.3 Å². The Balaban J connectivity index is 2.30. The summed E-state index contributed by atoms with van der Waals surface area (Å²) in [5.74, 6) is -0.139. The molecule has 0 aromatic heterocycles. The third-order valence-electron chi connectivity index (χ3n) is 4.05. The minimum atomic E-state index is -0.240. The third-order valence-corrected chi connectivity index (χ3v) is 4.05. The highest BCUT2D eigenvalue weighted by Gasteiger charge is 2.37. The number of likely N-dealkylation sites (N-methyl/N-ethyl adjacent to an activating group) is 1. The Morgan fingerprint density at radius 3 is 2.79 bits per heavy atom. The predicted molar refractivity (Wildman–Crippen MR) is 75.8 cm³/mol. The van der Waals surface area contributed by atoms with E-state index in [1.807, 2.05) is 12.1 Å². The summed E-state index contributed by atoms with van der Waals surface area (Å²) in [6.45, 7) is 7.65. The van der Waals surface area contributed by atoms with Gasteiger partial charge in [-0.2, -0.15) is 0 Å². The third kappa shape index (κ3) is 3.15. The van der Waals surface area contributed by atoms with Gasteiger partial charge in [0.2, 0.25) is 0 Å². The zero-order chi connectivity index (χ0) is 13.9. The number of halogens is 1. The van der Waals surface area contributed by atoms with E-state index in [4.69, 9.17) is 4.74 Å². The fourth-order valence-corrected chi connectivity index (χ4v) is 2.86. The second-order valence-electron chi connectivity index (χ2n) is 5.62. The molecule has 0 radical (unpaired) electrons. The summed E-state index contributed by atoms with van der Waals surface area (Å²) in [4.78, 5) is 0. The van der Waals surface area contributed by atoms with Crippen LogP contribution < -0.4 is 5.32 Å². The van der Waals surface area contributed by atoms with Crippen LogP contribution in [0.15, 0.2) is 18.2 Å². The number of hydrogen-bond acceptors (Lipinski definition) is 2. The maximum Gasteiger partial charge on any atom is 0.126 e. The van der Waals surface area contributed by atoms with Crippen molar-refractivity contribution >= 4 is 0 Å². The van der Waals surface area contributed by atoms with Gasteiger partial charge < -0.3 is 10.1 Å². The van der Waals surface area contributed by atoms with Crippen molar-refractivity contribution in [2.45, 2.75) is 51.7 Å². The van der Waals surface area contributed by atoms with Crippen molar-refractivity contribution in [1.82, 2.24) is 5.32 Å². The molecule has 0 saturated carbocycles. The average molecular weight is 265 g/mol. The van der Waals surface area contributed by atoms with Gasteiger partial charge in [-0.3, -0.25) is 0 Å². The first-order valence-electron chi connectivity index (χ1n) is 7.20. The zero-order valence-electron chi connectivity index (χ0n) is 12.1. The van der Waals surface area contributed by atoms with Gasteiger partial charge in [0, 0.05) is 6.61 Å². The van der Waals surface area contributed by atoms with Crippen LogP contribution in [-0.4, -0.2) is 18.8 Å². The van der Waals surface area contributed by atoms with Crippen LogP contribution in [-0.2, 0) is 4.74 Å². The lowest BCUT2D eigenvalue weighted by Crippen LogP contribution is -2.46. The number of aryl methyl sites for hydroxylation is 1. The van der Waals surface area contributed by atoms with E-state index >= 15 is 0 Å². The highest BCUT2D eigenvalue weighted by molar-refractivity contribution is 5.28. The topological polar surface area (TPSA) is 21.3 Å². The van der Waals surface area contributed by atoms with Gasteiger partial charge in [0.1, 0.15) is 5.82 Å². The number of hydrogen-bond donors (Lipinski definition) is 1. The SMILES string of the molecule is CCNC(c1ccc(C)c(F)c1)C1(C)CCCCO1. The van der Waals surface area contributed by atoms with Crippen LogP contribution in [0, 0.1) is 12.7 Å². The lowest BCUT2D eigenvalue weighted by Gasteiger charge is -2.41. The summed E-state index contributed by atoms with van der Waals surface area (Å²) in [6, 6.07) is 5.55. The molecule has 1 aromatic rings. The molecule has 2 nitrogen and oxygen atoms in total. The van der Waals surface area contributed by atoms with E-state index < -0.39 is 0 Å². The fourth-order valence-electron chi connectivity index (χ4n) is 2.86. The Kier molecular flexibility index (Phi) is 4.58. The van der Waals surface area contributed by atoms with Crippen molar-refractivity contribution in [3.8, 4) is 0 Å². The molecule has 0 amide bonds. The van der Waals surface area contributed by atoms with E-state index in [1.165, 1.54) is 6.42 Å². The molecule has 2 atom stereocenters. The van der Waals surface area contributed by atoms with Gasteiger partial charge in [0.15, 0.2) is 0 Å². The van der Waals surface area contributed by atoms with E-state index in [9.17, 15) is 4.39 Å². The highest BCUT2D eigenvalue weighted by Crippen LogP contribution is 2.36. The van der Waals surface area contributed by atoms with E-state index in [-0.39, 0.29) is 17.5 Å². The molecule has 3 heteroatoms. The zero-order valence-corrected chi connectivity index (χ0v) is 12.1. The maximum absolute atomic E-state index is 13.8. The van der Waals surface area contributed by atoms with Crippen LogP contribution in [0.4, 0.5) is 4.39 Å². The Labute approximate surface area is 115 Å². The minimum absolute atomic E-state index is 0.0490. The van der Waals surface area contributed by atoms with Crippen molar-refractivity contribution in [2.75, 3.05) is 13.2 Å². The van der Waals surface area contributed by atoms with E-state index in [2.05, 4.69) is 19.2 Å². The van der Waals surface area contributed by atoms with Crippen LogP contribution in [0.3, 0.4) is 0 Å². The molecule has 0 aliphatic carbocycles. The smallest absolute Gasteiger partial charge is 0.126 e. The second kappa shape index (κ2) is 6.02. The lowest BCUT2D eigenvalue weighted by molar-refractivity contribution is -0.0895. The van der Waals surface area contributed by atoms with Crippen LogP contribution in [0.5, 0.6) is 0 Å². The molecule has 1 fully saturated rings. The molecule has 0 spiro atoms. The Morgan fingerprint density at radius 2 is 2.21 bits per heavy atom. The van der Waals surface area contributed by atoms with Gasteiger partial charge in [-0.25, -0.2) is 4.39 Å². The summed E-state index contributed by atoms with van der Waals surface area (Å²) in [6.07, 6.45) is 3.31. The Bertz CT molecular complexity index is 427.